The molecule has 0 unspecified atom stereocenters. The Morgan fingerprint density at radius 3 is 2.77 bits per heavy atom. The molecule has 2 N–H and O–H groups in total. The molecule has 2 heterocycles. The predicted molar refractivity (Wildman–Crippen MR) is 98.9 cm³/mol. The second kappa shape index (κ2) is 7.09. The van der Waals surface area contributed by atoms with Crippen LogP contribution in [0, 0.1) is 5.41 Å². The lowest BCUT2D eigenvalue weighted by atomic mass is 9.74. The number of ether oxygens (including phenoxy) is 1. The molecule has 5 heteroatoms. The van der Waals surface area contributed by atoms with E-state index in [1.54, 1.807) is 0 Å². The molecule has 2 aromatic carbocycles. The summed E-state index contributed by atoms with van der Waals surface area (Å²) in [6, 6.07) is 17.9. The number of aliphatic hydroxyl groups is 1. The third kappa shape index (κ3) is 3.20. The van der Waals surface area contributed by atoms with Gasteiger partial charge in [0, 0.05) is 31.0 Å². The van der Waals surface area contributed by atoms with Gasteiger partial charge >= 0.3 is 0 Å². The van der Waals surface area contributed by atoms with Crippen LogP contribution >= 0.6 is 0 Å². The summed E-state index contributed by atoms with van der Waals surface area (Å²) in [7, 11) is 0. The van der Waals surface area contributed by atoms with E-state index in [9.17, 15) is 9.90 Å². The van der Waals surface area contributed by atoms with E-state index >= 15 is 0 Å². The number of likely N-dealkylation sites (tertiary alicyclic amines) is 1. The molecule has 0 aromatic heterocycles. The fourth-order valence-electron chi connectivity index (χ4n) is 4.15. The molecule has 2 aliphatic rings. The zero-order chi connectivity index (χ0) is 18.0. The minimum absolute atomic E-state index is 0.00907. The monoisotopic (exact) mass is 352 g/mol. The van der Waals surface area contributed by atoms with Crippen molar-refractivity contribution in [3.8, 4) is 5.75 Å². The Bertz CT molecular complexity index is 780. The molecule has 1 amide bonds. The van der Waals surface area contributed by atoms with E-state index in [2.05, 4.69) is 16.3 Å². The zero-order valence-corrected chi connectivity index (χ0v) is 14.7. The van der Waals surface area contributed by atoms with E-state index in [1.807, 2.05) is 48.5 Å². The summed E-state index contributed by atoms with van der Waals surface area (Å²) < 4.78 is 5.90. The maximum absolute atomic E-state index is 12.4. The molecule has 5 nitrogen and oxygen atoms in total. The maximum Gasteiger partial charge on any atom is 0.234 e. The average Bonchev–Trinajstić information content (AvgIpc) is 3.06. The molecule has 0 bridgehead atoms. The molecule has 0 radical (unpaired) electrons. The number of fused-ring (bicyclic) bond motifs is 3. The number of benzene rings is 2. The van der Waals surface area contributed by atoms with Crippen LogP contribution in [0.25, 0.3) is 0 Å². The van der Waals surface area contributed by atoms with Crippen molar-refractivity contribution < 1.29 is 14.6 Å². The zero-order valence-electron chi connectivity index (χ0n) is 14.7. The minimum atomic E-state index is -0.325. The summed E-state index contributed by atoms with van der Waals surface area (Å²) in [6.07, 6.45) is 0. The number of carbonyl (C=O) groups is 1. The number of nitrogens with zero attached hydrogens (tertiary/aromatic N) is 1. The van der Waals surface area contributed by atoms with Crippen molar-refractivity contribution in [3.05, 3.63) is 65.7 Å². The van der Waals surface area contributed by atoms with Crippen LogP contribution in [0.2, 0.25) is 0 Å². The van der Waals surface area contributed by atoms with Crippen molar-refractivity contribution in [1.29, 1.82) is 0 Å². The van der Waals surface area contributed by atoms with E-state index in [4.69, 9.17) is 4.74 Å². The number of hydrogen-bond acceptors (Lipinski definition) is 4. The largest absolute Gasteiger partial charge is 0.493 e. The van der Waals surface area contributed by atoms with E-state index in [0.717, 1.165) is 23.4 Å². The Morgan fingerprint density at radius 2 is 1.96 bits per heavy atom. The van der Waals surface area contributed by atoms with Crippen molar-refractivity contribution in [3.63, 3.8) is 0 Å². The molecule has 0 spiro atoms. The Labute approximate surface area is 153 Å². The van der Waals surface area contributed by atoms with E-state index in [1.165, 1.54) is 0 Å². The van der Waals surface area contributed by atoms with Crippen molar-refractivity contribution in [2.24, 2.45) is 5.41 Å². The third-order valence-electron chi connectivity index (χ3n) is 5.54. The molecule has 2 aliphatic heterocycles. The number of aliphatic hydroxyl groups excluding tert-OH is 1. The third-order valence-corrected chi connectivity index (χ3v) is 5.54. The van der Waals surface area contributed by atoms with Crippen LogP contribution in [-0.2, 0) is 11.3 Å². The molecule has 4 rings (SSSR count). The molecule has 0 aliphatic carbocycles. The van der Waals surface area contributed by atoms with Gasteiger partial charge in [-0.05, 0) is 17.2 Å². The highest BCUT2D eigenvalue weighted by Gasteiger charge is 2.50. The van der Waals surface area contributed by atoms with Gasteiger partial charge in [0.2, 0.25) is 5.91 Å². The lowest BCUT2D eigenvalue weighted by Crippen LogP contribution is -2.43. The summed E-state index contributed by atoms with van der Waals surface area (Å²) in [5.41, 5.74) is 1.90. The fourth-order valence-corrected chi connectivity index (χ4v) is 4.15. The first-order valence-corrected chi connectivity index (χ1v) is 9.06. The molecule has 2 atom stereocenters. The van der Waals surface area contributed by atoms with Crippen LogP contribution in [0.5, 0.6) is 5.75 Å². The summed E-state index contributed by atoms with van der Waals surface area (Å²) in [5.74, 6) is 1.10. The molecule has 0 saturated carbocycles. The number of rotatable bonds is 5. The highest BCUT2D eigenvalue weighted by Crippen LogP contribution is 2.49. The summed E-state index contributed by atoms with van der Waals surface area (Å²) in [4.78, 5) is 14.5. The van der Waals surface area contributed by atoms with Gasteiger partial charge in [-0.3, -0.25) is 9.69 Å². The molecule has 26 heavy (non-hydrogen) atoms. The molecular weight excluding hydrogens is 328 g/mol. The number of carbonyl (C=O) groups excluding carboxylic acids is 1. The van der Waals surface area contributed by atoms with Gasteiger partial charge in [-0.1, -0.05) is 48.5 Å². The first-order chi connectivity index (χ1) is 12.7. The highest BCUT2D eigenvalue weighted by molar-refractivity contribution is 5.78. The normalized spacial score (nSPS) is 24.4. The van der Waals surface area contributed by atoms with Crippen molar-refractivity contribution >= 4 is 5.91 Å². The van der Waals surface area contributed by atoms with E-state index in [-0.39, 0.29) is 23.8 Å². The van der Waals surface area contributed by atoms with Gasteiger partial charge in [-0.15, -0.1) is 0 Å². The van der Waals surface area contributed by atoms with Crippen LogP contribution in [0.15, 0.2) is 54.6 Å². The first-order valence-electron chi connectivity index (χ1n) is 9.06. The Morgan fingerprint density at radius 1 is 1.19 bits per heavy atom. The van der Waals surface area contributed by atoms with Gasteiger partial charge in [-0.25, -0.2) is 0 Å². The van der Waals surface area contributed by atoms with E-state index in [0.29, 0.717) is 26.2 Å². The Balaban J connectivity index is 1.41. The van der Waals surface area contributed by atoms with Gasteiger partial charge in [-0.2, -0.15) is 0 Å². The second-order valence-corrected chi connectivity index (χ2v) is 7.33. The molecular formula is C21H24N2O3. The van der Waals surface area contributed by atoms with E-state index < -0.39 is 0 Å². The quantitative estimate of drug-likeness (QED) is 0.861. The Hall–Kier alpha value is -2.37. The maximum atomic E-state index is 12.4. The topological polar surface area (TPSA) is 61.8 Å². The average molecular weight is 352 g/mol. The molecule has 136 valence electrons. The Kier molecular flexibility index (Phi) is 4.66. The van der Waals surface area contributed by atoms with Crippen molar-refractivity contribution in [2.75, 3.05) is 32.8 Å². The van der Waals surface area contributed by atoms with Crippen molar-refractivity contribution in [1.82, 2.24) is 10.2 Å². The smallest absolute Gasteiger partial charge is 0.234 e. The van der Waals surface area contributed by atoms with Crippen LogP contribution in [0.3, 0.4) is 0 Å². The number of hydrogen-bond donors (Lipinski definition) is 2. The van der Waals surface area contributed by atoms with Crippen LogP contribution in [0.1, 0.15) is 17.0 Å². The van der Waals surface area contributed by atoms with Gasteiger partial charge in [0.05, 0.1) is 19.8 Å². The van der Waals surface area contributed by atoms with Gasteiger partial charge in [0.25, 0.3) is 0 Å². The van der Waals surface area contributed by atoms with Gasteiger partial charge in [0.1, 0.15) is 5.75 Å². The summed E-state index contributed by atoms with van der Waals surface area (Å²) in [6.45, 7) is 2.86. The summed E-state index contributed by atoms with van der Waals surface area (Å²) >= 11 is 0. The minimum Gasteiger partial charge on any atom is -0.493 e. The standard InChI is InChI=1S/C21H24N2O3/c24-14-21-13-23(12-20(25)22-10-16-6-2-1-3-7-16)11-18(21)17-8-4-5-9-19(17)26-15-21/h1-9,18,24H,10-15H2,(H,22,25)/t18-,21-/m0/s1. The molecule has 1 saturated heterocycles. The van der Waals surface area contributed by atoms with Crippen LogP contribution in [-0.4, -0.2) is 48.8 Å². The summed E-state index contributed by atoms with van der Waals surface area (Å²) in [5, 5.41) is 13.1. The lowest BCUT2D eigenvalue weighted by Gasteiger charge is -2.38. The number of amides is 1. The second-order valence-electron chi connectivity index (χ2n) is 7.33. The predicted octanol–water partition coefficient (Wildman–Crippen LogP) is 1.77. The number of nitrogens with one attached hydrogen (secondary N) is 1. The van der Waals surface area contributed by atoms with Gasteiger partial charge in [0.15, 0.2) is 0 Å². The van der Waals surface area contributed by atoms with Crippen LogP contribution < -0.4 is 10.1 Å². The SMILES string of the molecule is O=C(CN1C[C@H]2c3ccccc3OC[C@@]2(CO)C1)NCc1ccccc1. The molecule has 1 fully saturated rings. The van der Waals surface area contributed by atoms with Crippen molar-refractivity contribution in [2.45, 2.75) is 12.5 Å². The molecule has 2 aromatic rings. The highest BCUT2D eigenvalue weighted by atomic mass is 16.5. The van der Waals surface area contributed by atoms with Crippen LogP contribution in [0.4, 0.5) is 0 Å². The fraction of sp³-hybridized carbons (Fsp3) is 0.381. The van der Waals surface area contributed by atoms with Gasteiger partial charge < -0.3 is 15.2 Å². The lowest BCUT2D eigenvalue weighted by molar-refractivity contribution is -0.122. The number of para-hydroxylation sites is 1. The first kappa shape index (κ1) is 17.1.